The minimum atomic E-state index is -4.37. The van der Waals surface area contributed by atoms with Crippen LogP contribution in [0.1, 0.15) is 51.0 Å². The lowest BCUT2D eigenvalue weighted by atomic mass is 10.2. The Morgan fingerprint density at radius 1 is 1.16 bits per heavy atom. The van der Waals surface area contributed by atoms with Crippen molar-refractivity contribution in [1.82, 2.24) is 20.5 Å². The average molecular weight is 570 g/mol. The molecule has 0 unspecified atom stereocenters. The van der Waals surface area contributed by atoms with Gasteiger partial charge in [-0.1, -0.05) is 6.42 Å². The molecule has 0 spiro atoms. The summed E-state index contributed by atoms with van der Waals surface area (Å²) in [5.74, 6) is 1.38. The highest BCUT2D eigenvalue weighted by Crippen LogP contribution is 2.28. The highest BCUT2D eigenvalue weighted by atomic mass is 127. The zero-order valence-corrected chi connectivity index (χ0v) is 20.8. The number of aromatic nitrogens is 1. The highest BCUT2D eigenvalue weighted by Gasteiger charge is 2.30. The lowest BCUT2D eigenvalue weighted by Crippen LogP contribution is -2.38. The molecule has 0 aliphatic carbocycles. The second-order valence-corrected chi connectivity index (χ2v) is 7.44. The van der Waals surface area contributed by atoms with E-state index in [2.05, 4.69) is 25.9 Å². The SMILES string of the molecule is CCNC(=NCCCN1CCCCCC1=O)NCCCNc1ccc(C(F)(F)F)cn1.I. The van der Waals surface area contributed by atoms with Crippen LogP contribution in [0.15, 0.2) is 23.3 Å². The second kappa shape index (κ2) is 15.1. The van der Waals surface area contributed by atoms with E-state index in [0.29, 0.717) is 31.9 Å². The van der Waals surface area contributed by atoms with Crippen molar-refractivity contribution in [3.05, 3.63) is 23.9 Å². The topological polar surface area (TPSA) is 81.7 Å². The van der Waals surface area contributed by atoms with Crippen molar-refractivity contribution in [1.29, 1.82) is 0 Å². The summed E-state index contributed by atoms with van der Waals surface area (Å²) < 4.78 is 37.6. The van der Waals surface area contributed by atoms with Gasteiger partial charge >= 0.3 is 6.18 Å². The molecule has 2 rings (SSSR count). The Bertz CT molecular complexity index is 700. The third-order valence-corrected chi connectivity index (χ3v) is 4.91. The summed E-state index contributed by atoms with van der Waals surface area (Å²) in [4.78, 5) is 22.3. The van der Waals surface area contributed by atoms with Crippen molar-refractivity contribution < 1.29 is 18.0 Å². The first-order chi connectivity index (χ1) is 14.9. The van der Waals surface area contributed by atoms with Gasteiger partial charge in [-0.15, -0.1) is 24.0 Å². The minimum absolute atomic E-state index is 0. The molecule has 1 fully saturated rings. The molecule has 3 N–H and O–H groups in total. The predicted molar refractivity (Wildman–Crippen MR) is 131 cm³/mol. The van der Waals surface area contributed by atoms with Gasteiger partial charge in [0.15, 0.2) is 5.96 Å². The number of alkyl halides is 3. The molecule has 1 saturated heterocycles. The van der Waals surface area contributed by atoms with Crippen LogP contribution in [0.5, 0.6) is 0 Å². The number of anilines is 1. The number of nitrogens with zero attached hydrogens (tertiary/aromatic N) is 3. The Morgan fingerprint density at radius 3 is 2.66 bits per heavy atom. The van der Waals surface area contributed by atoms with E-state index in [0.717, 1.165) is 70.0 Å². The Morgan fingerprint density at radius 2 is 1.97 bits per heavy atom. The highest BCUT2D eigenvalue weighted by molar-refractivity contribution is 14.0. The maximum absolute atomic E-state index is 12.5. The van der Waals surface area contributed by atoms with Crippen molar-refractivity contribution in [3.63, 3.8) is 0 Å². The van der Waals surface area contributed by atoms with Crippen molar-refractivity contribution in [2.24, 2.45) is 4.99 Å². The third-order valence-electron chi connectivity index (χ3n) is 4.91. The molecule has 32 heavy (non-hydrogen) atoms. The molecule has 1 aliphatic heterocycles. The van der Waals surface area contributed by atoms with Gasteiger partial charge in [-0.2, -0.15) is 13.2 Å². The number of pyridine rings is 1. The molecule has 1 aromatic rings. The van der Waals surface area contributed by atoms with Crippen molar-refractivity contribution in [3.8, 4) is 0 Å². The van der Waals surface area contributed by atoms with Crippen LogP contribution in [0.2, 0.25) is 0 Å². The molecular formula is C21H34F3IN6O. The van der Waals surface area contributed by atoms with Crippen LogP contribution in [-0.2, 0) is 11.0 Å². The summed E-state index contributed by atoms with van der Waals surface area (Å²) >= 11 is 0. The van der Waals surface area contributed by atoms with E-state index >= 15 is 0 Å². The summed E-state index contributed by atoms with van der Waals surface area (Å²) in [6, 6.07) is 2.35. The average Bonchev–Trinajstić information content (AvgIpc) is 2.94. The lowest BCUT2D eigenvalue weighted by Gasteiger charge is -2.20. The largest absolute Gasteiger partial charge is 0.417 e. The Kier molecular flexibility index (Phi) is 13.3. The number of guanidine groups is 1. The molecule has 1 aliphatic rings. The summed E-state index contributed by atoms with van der Waals surface area (Å²) in [7, 11) is 0. The fourth-order valence-electron chi connectivity index (χ4n) is 3.25. The summed E-state index contributed by atoms with van der Waals surface area (Å²) in [6.07, 6.45) is 1.87. The first-order valence-corrected chi connectivity index (χ1v) is 11.0. The van der Waals surface area contributed by atoms with Crippen molar-refractivity contribution in [2.75, 3.05) is 44.6 Å². The van der Waals surface area contributed by atoms with Crippen molar-refractivity contribution in [2.45, 2.75) is 51.6 Å². The molecule has 0 atom stereocenters. The molecule has 1 aromatic heterocycles. The molecule has 182 valence electrons. The number of likely N-dealkylation sites (tertiary alicyclic amines) is 1. The molecule has 1 amide bonds. The normalized spacial score (nSPS) is 15.1. The molecule has 11 heteroatoms. The zero-order chi connectivity index (χ0) is 22.5. The van der Waals surface area contributed by atoms with E-state index in [1.807, 2.05) is 11.8 Å². The first kappa shape index (κ1) is 28.2. The third kappa shape index (κ3) is 10.7. The Labute approximate surface area is 205 Å². The number of amides is 1. The number of rotatable bonds is 10. The number of aliphatic imine (C=N–C) groups is 1. The molecule has 0 radical (unpaired) electrons. The molecule has 0 bridgehead atoms. The van der Waals surface area contributed by atoms with Gasteiger partial charge in [0, 0.05) is 51.9 Å². The maximum Gasteiger partial charge on any atom is 0.417 e. The summed E-state index contributed by atoms with van der Waals surface area (Å²) in [5, 5.41) is 9.44. The fourth-order valence-corrected chi connectivity index (χ4v) is 3.25. The number of carbonyl (C=O) groups excluding carboxylic acids is 1. The van der Waals surface area contributed by atoms with Gasteiger partial charge in [0.2, 0.25) is 5.91 Å². The van der Waals surface area contributed by atoms with Crippen LogP contribution in [0.25, 0.3) is 0 Å². The predicted octanol–water partition coefficient (Wildman–Crippen LogP) is 3.87. The quantitative estimate of drug-likeness (QED) is 0.172. The van der Waals surface area contributed by atoms with E-state index in [4.69, 9.17) is 0 Å². The molecule has 0 saturated carbocycles. The fraction of sp³-hybridized carbons (Fsp3) is 0.667. The van der Waals surface area contributed by atoms with Crippen LogP contribution in [0.4, 0.5) is 19.0 Å². The lowest BCUT2D eigenvalue weighted by molar-refractivity contribution is -0.137. The van der Waals surface area contributed by atoms with E-state index in [9.17, 15) is 18.0 Å². The van der Waals surface area contributed by atoms with Gasteiger partial charge < -0.3 is 20.9 Å². The summed E-state index contributed by atoms with van der Waals surface area (Å²) in [5.41, 5.74) is -0.758. The molecule has 2 heterocycles. The van der Waals surface area contributed by atoms with Gasteiger partial charge in [-0.3, -0.25) is 9.79 Å². The van der Waals surface area contributed by atoms with Crippen LogP contribution >= 0.6 is 24.0 Å². The van der Waals surface area contributed by atoms with Gasteiger partial charge in [-0.05, 0) is 44.7 Å². The minimum Gasteiger partial charge on any atom is -0.370 e. The second-order valence-electron chi connectivity index (χ2n) is 7.44. The number of halogens is 4. The standard InChI is InChI=1S/C21H33F3N6O.HI/c1-2-25-20(28-13-7-15-30-14-5-3-4-8-19(30)31)27-12-6-11-26-18-10-9-17(16-29-18)21(22,23)24;/h9-10,16H,2-8,11-15H2,1H3,(H,26,29)(H2,25,27,28);1H. The number of carbonyl (C=O) groups is 1. The van der Waals surface area contributed by atoms with E-state index < -0.39 is 11.7 Å². The Balaban J connectivity index is 0.00000512. The van der Waals surface area contributed by atoms with Gasteiger partial charge in [0.05, 0.1) is 5.56 Å². The molecular weight excluding hydrogens is 536 g/mol. The Hall–Kier alpha value is -1.79. The monoisotopic (exact) mass is 570 g/mol. The van der Waals surface area contributed by atoms with Gasteiger partial charge in [0.25, 0.3) is 0 Å². The number of hydrogen-bond acceptors (Lipinski definition) is 4. The number of nitrogens with one attached hydrogen (secondary N) is 3. The molecule has 7 nitrogen and oxygen atoms in total. The summed E-state index contributed by atoms with van der Waals surface area (Å²) in [6.45, 7) is 6.18. The van der Waals surface area contributed by atoms with Crippen molar-refractivity contribution >= 4 is 41.7 Å². The van der Waals surface area contributed by atoms with Crippen LogP contribution in [0.3, 0.4) is 0 Å². The van der Waals surface area contributed by atoms with Gasteiger partial charge in [-0.25, -0.2) is 4.98 Å². The van der Waals surface area contributed by atoms with Crippen LogP contribution in [0, 0.1) is 0 Å². The number of hydrogen-bond donors (Lipinski definition) is 3. The van der Waals surface area contributed by atoms with Crippen LogP contribution < -0.4 is 16.0 Å². The van der Waals surface area contributed by atoms with E-state index in [1.54, 1.807) is 0 Å². The molecule has 0 aromatic carbocycles. The van der Waals surface area contributed by atoms with E-state index in [-0.39, 0.29) is 29.9 Å². The van der Waals surface area contributed by atoms with E-state index in [1.165, 1.54) is 6.07 Å². The first-order valence-electron chi connectivity index (χ1n) is 11.0. The van der Waals surface area contributed by atoms with Crippen LogP contribution in [-0.4, -0.2) is 61.0 Å². The maximum atomic E-state index is 12.5. The zero-order valence-electron chi connectivity index (χ0n) is 18.5. The smallest absolute Gasteiger partial charge is 0.370 e. The van der Waals surface area contributed by atoms with Gasteiger partial charge in [0.1, 0.15) is 5.82 Å².